The summed E-state index contributed by atoms with van der Waals surface area (Å²) in [6.45, 7) is 10.0. The first-order chi connectivity index (χ1) is 3.56. The maximum Gasteiger partial charge on any atom is 0.0841 e. The molecule has 0 saturated heterocycles. The highest BCUT2D eigenvalue weighted by Gasteiger charge is 2.07. The molecule has 49 valence electrons. The largest absolute Gasteiger partial charge is 0.370 e. The minimum absolute atomic E-state index is 0.00396. The fourth-order valence-corrected chi connectivity index (χ4v) is 0.333. The first-order valence-electron chi connectivity index (χ1n) is 3.06. The minimum atomic E-state index is -0.00396. The molecule has 0 aliphatic rings. The molecule has 0 saturated carbocycles. The Kier molecular flexibility index (Phi) is 3.06. The molecule has 0 unspecified atom stereocenters. The fraction of sp³-hybridized carbons (Fsp3) is 0.857. The maximum atomic E-state index is 5.25. The van der Waals surface area contributed by atoms with Gasteiger partial charge in [0.05, 0.1) is 12.2 Å². The zero-order valence-corrected chi connectivity index (χ0v) is 6.19. The van der Waals surface area contributed by atoms with Crippen molar-refractivity contribution in [1.29, 1.82) is 0 Å². The van der Waals surface area contributed by atoms with E-state index in [1.807, 2.05) is 27.4 Å². The molecule has 0 amide bonds. The van der Waals surface area contributed by atoms with Crippen LogP contribution in [0.25, 0.3) is 0 Å². The second kappa shape index (κ2) is 3.08. The predicted octanol–water partition coefficient (Wildman–Crippen LogP) is 2.37. The number of hydrogen-bond acceptors (Lipinski definition) is 1. The van der Waals surface area contributed by atoms with Gasteiger partial charge in [0.15, 0.2) is 0 Å². The van der Waals surface area contributed by atoms with Crippen molar-refractivity contribution >= 4 is 0 Å². The summed E-state index contributed by atoms with van der Waals surface area (Å²) >= 11 is 0. The van der Waals surface area contributed by atoms with E-state index in [1.54, 1.807) is 0 Å². The van der Waals surface area contributed by atoms with Gasteiger partial charge >= 0.3 is 0 Å². The van der Waals surface area contributed by atoms with Gasteiger partial charge in [-0.15, -0.1) is 0 Å². The summed E-state index contributed by atoms with van der Waals surface area (Å²) in [7, 11) is 0. The van der Waals surface area contributed by atoms with Crippen molar-refractivity contribution in [2.24, 2.45) is 0 Å². The lowest BCUT2D eigenvalue weighted by atomic mass is 10.2. The summed E-state index contributed by atoms with van der Waals surface area (Å²) in [5.74, 6) is 0. The summed E-state index contributed by atoms with van der Waals surface area (Å²) in [6.07, 6.45) is 0.983. The Hall–Kier alpha value is -0.0400. The maximum absolute atomic E-state index is 5.25. The highest BCUT2D eigenvalue weighted by atomic mass is 16.5. The lowest BCUT2D eigenvalue weighted by molar-refractivity contribution is 0.0402. The van der Waals surface area contributed by atoms with Crippen LogP contribution in [0.5, 0.6) is 0 Å². The first kappa shape index (κ1) is 7.96. The Morgan fingerprint density at radius 2 is 1.88 bits per heavy atom. The molecule has 0 bridgehead atoms. The van der Waals surface area contributed by atoms with E-state index < -0.39 is 0 Å². The van der Waals surface area contributed by atoms with Gasteiger partial charge in [0.25, 0.3) is 0 Å². The summed E-state index contributed by atoms with van der Waals surface area (Å²) in [5.41, 5.74) is -0.00396. The van der Waals surface area contributed by atoms with Gasteiger partial charge in [0, 0.05) is 0 Å². The molecule has 0 aromatic rings. The third kappa shape index (κ3) is 5.96. The van der Waals surface area contributed by atoms with Crippen LogP contribution in [0.3, 0.4) is 0 Å². The van der Waals surface area contributed by atoms with Crippen LogP contribution in [0.1, 0.15) is 34.1 Å². The van der Waals surface area contributed by atoms with Crippen molar-refractivity contribution in [2.75, 3.05) is 0 Å². The van der Waals surface area contributed by atoms with E-state index >= 15 is 0 Å². The quantitative estimate of drug-likeness (QED) is 0.537. The highest BCUT2D eigenvalue weighted by Crippen LogP contribution is 2.08. The van der Waals surface area contributed by atoms with Crippen LogP contribution >= 0.6 is 0 Å². The summed E-state index contributed by atoms with van der Waals surface area (Å²) in [4.78, 5) is 0. The van der Waals surface area contributed by atoms with Gasteiger partial charge in [0.1, 0.15) is 0 Å². The fourth-order valence-electron chi connectivity index (χ4n) is 0.333. The van der Waals surface area contributed by atoms with Gasteiger partial charge in [-0.3, -0.25) is 0 Å². The molecule has 0 heterocycles. The molecule has 0 aromatic heterocycles. The van der Waals surface area contributed by atoms with Gasteiger partial charge in [-0.1, -0.05) is 6.92 Å². The van der Waals surface area contributed by atoms with Gasteiger partial charge in [-0.25, -0.2) is 0 Å². The van der Waals surface area contributed by atoms with Crippen LogP contribution in [0.4, 0.5) is 0 Å². The van der Waals surface area contributed by atoms with Crippen molar-refractivity contribution < 1.29 is 4.74 Å². The lowest BCUT2D eigenvalue weighted by Crippen LogP contribution is -2.16. The summed E-state index contributed by atoms with van der Waals surface area (Å²) in [5, 5.41) is 0. The Labute approximate surface area is 52.0 Å². The van der Waals surface area contributed by atoms with E-state index in [-0.39, 0.29) is 5.60 Å². The van der Waals surface area contributed by atoms with Crippen LogP contribution in [0.15, 0.2) is 0 Å². The molecule has 1 radical (unpaired) electrons. The molecule has 1 nitrogen and oxygen atoms in total. The van der Waals surface area contributed by atoms with Crippen molar-refractivity contribution in [3.05, 3.63) is 6.61 Å². The van der Waals surface area contributed by atoms with Crippen molar-refractivity contribution in [2.45, 2.75) is 39.7 Å². The summed E-state index contributed by atoms with van der Waals surface area (Å²) in [6, 6.07) is 0. The Morgan fingerprint density at radius 3 is 2.00 bits per heavy atom. The van der Waals surface area contributed by atoms with E-state index in [9.17, 15) is 0 Å². The highest BCUT2D eigenvalue weighted by molar-refractivity contribution is 4.61. The van der Waals surface area contributed by atoms with Crippen LogP contribution in [0.2, 0.25) is 0 Å². The Morgan fingerprint density at radius 1 is 1.38 bits per heavy atom. The molecule has 0 aliphatic carbocycles. The Balaban J connectivity index is 3.11. The van der Waals surface area contributed by atoms with E-state index in [4.69, 9.17) is 4.74 Å². The van der Waals surface area contributed by atoms with Gasteiger partial charge in [-0.05, 0) is 27.2 Å². The molecule has 0 aromatic carbocycles. The SMILES string of the molecule is CC[CH]OC(C)(C)C. The normalized spacial score (nSPS) is 12.0. The average Bonchev–Trinajstić information content (AvgIpc) is 1.59. The van der Waals surface area contributed by atoms with Gasteiger partial charge < -0.3 is 4.74 Å². The van der Waals surface area contributed by atoms with E-state index in [0.717, 1.165) is 6.42 Å². The molecule has 0 spiro atoms. The zero-order chi connectivity index (χ0) is 6.62. The molecule has 0 fully saturated rings. The molecule has 1 heteroatoms. The lowest BCUT2D eigenvalue weighted by Gasteiger charge is -2.17. The van der Waals surface area contributed by atoms with Crippen molar-refractivity contribution in [3.63, 3.8) is 0 Å². The van der Waals surface area contributed by atoms with E-state index in [0.29, 0.717) is 0 Å². The standard InChI is InChI=1S/C7H15O/c1-5-6-8-7(2,3)4/h6H,5H2,1-4H3. The zero-order valence-electron chi connectivity index (χ0n) is 6.19. The van der Waals surface area contributed by atoms with Crippen LogP contribution in [0, 0.1) is 6.61 Å². The molecular formula is C7H15O. The van der Waals surface area contributed by atoms with E-state index in [2.05, 4.69) is 6.92 Å². The molecule has 0 atom stereocenters. The monoisotopic (exact) mass is 115 g/mol. The topological polar surface area (TPSA) is 9.23 Å². The van der Waals surface area contributed by atoms with Crippen molar-refractivity contribution in [3.8, 4) is 0 Å². The average molecular weight is 115 g/mol. The molecule has 8 heavy (non-hydrogen) atoms. The van der Waals surface area contributed by atoms with Crippen LogP contribution < -0.4 is 0 Å². The van der Waals surface area contributed by atoms with E-state index in [1.165, 1.54) is 0 Å². The first-order valence-corrected chi connectivity index (χ1v) is 3.06. The van der Waals surface area contributed by atoms with Crippen LogP contribution in [-0.4, -0.2) is 5.60 Å². The number of ether oxygens (including phenoxy) is 1. The number of rotatable bonds is 2. The van der Waals surface area contributed by atoms with Crippen molar-refractivity contribution in [1.82, 2.24) is 0 Å². The predicted molar refractivity (Wildman–Crippen MR) is 35.4 cm³/mol. The second-order valence-electron chi connectivity index (χ2n) is 2.81. The minimum Gasteiger partial charge on any atom is -0.370 e. The molecule has 0 rings (SSSR count). The number of hydrogen-bond donors (Lipinski definition) is 0. The smallest absolute Gasteiger partial charge is 0.0841 e. The third-order valence-electron chi connectivity index (χ3n) is 0.604. The van der Waals surface area contributed by atoms with Gasteiger partial charge in [0.2, 0.25) is 0 Å². The molecular weight excluding hydrogens is 100 g/mol. The molecule has 0 aliphatic heterocycles. The summed E-state index contributed by atoms with van der Waals surface area (Å²) < 4.78 is 5.25. The second-order valence-corrected chi connectivity index (χ2v) is 2.81. The molecule has 0 N–H and O–H groups in total. The van der Waals surface area contributed by atoms with Crippen LogP contribution in [-0.2, 0) is 4.74 Å². The third-order valence-corrected chi connectivity index (χ3v) is 0.604. The Bertz CT molecular complexity index is 51.9. The van der Waals surface area contributed by atoms with Gasteiger partial charge in [-0.2, -0.15) is 0 Å².